The molecule has 1 atom stereocenters. The van der Waals surface area contributed by atoms with Crippen molar-refractivity contribution in [3.8, 4) is 11.5 Å². The van der Waals surface area contributed by atoms with Gasteiger partial charge < -0.3 is 24.5 Å². The number of likely N-dealkylation sites (N-methyl/N-ethyl adjacent to an activating group) is 1. The van der Waals surface area contributed by atoms with Gasteiger partial charge in [-0.25, -0.2) is 4.79 Å². The fraction of sp³-hybridized carbons (Fsp3) is 0.364. The van der Waals surface area contributed by atoms with E-state index in [1.807, 2.05) is 0 Å². The Morgan fingerprint density at radius 3 is 2.26 bits per heavy atom. The van der Waals surface area contributed by atoms with E-state index in [-0.39, 0.29) is 10.6 Å². The number of benzene rings is 2. The minimum Gasteiger partial charge on any atom is -0.465 e. The monoisotopic (exact) mass is 550 g/mol. The highest BCUT2D eigenvalue weighted by Gasteiger charge is 2.46. The van der Waals surface area contributed by atoms with Gasteiger partial charge in [-0.05, 0) is 18.2 Å². The molecule has 0 unspecified atom stereocenters. The quantitative estimate of drug-likeness (QED) is 0.318. The summed E-state index contributed by atoms with van der Waals surface area (Å²) in [6.45, 7) is -2.48. The van der Waals surface area contributed by atoms with Gasteiger partial charge in [0.2, 0.25) is 0 Å². The number of nitrogens with zero attached hydrogens (tertiary/aromatic N) is 4. The van der Waals surface area contributed by atoms with Crippen LogP contribution in [0.25, 0.3) is 0 Å². The van der Waals surface area contributed by atoms with E-state index in [4.69, 9.17) is 4.74 Å². The molecular formula is C22H20F6N4O6. The van der Waals surface area contributed by atoms with Gasteiger partial charge in [0, 0.05) is 39.3 Å². The molecule has 1 saturated heterocycles. The summed E-state index contributed by atoms with van der Waals surface area (Å²) in [5.41, 5.74) is -3.42. The number of hydrogen-bond acceptors (Lipinski definition) is 6. The molecule has 0 aliphatic carbocycles. The summed E-state index contributed by atoms with van der Waals surface area (Å²) in [6.07, 6.45) is -12.1. The summed E-state index contributed by atoms with van der Waals surface area (Å²) in [7, 11) is 0.757. The van der Waals surface area contributed by atoms with Crippen molar-refractivity contribution in [2.75, 3.05) is 38.1 Å². The maximum atomic E-state index is 14.3. The number of rotatable bonds is 6. The number of nitro benzene ring substituents is 1. The van der Waals surface area contributed by atoms with Crippen LogP contribution in [0.2, 0.25) is 0 Å². The average molecular weight is 550 g/mol. The summed E-state index contributed by atoms with van der Waals surface area (Å²) < 4.78 is 87.0. The van der Waals surface area contributed by atoms with Gasteiger partial charge in [0.25, 0.3) is 5.69 Å². The number of piperazine rings is 1. The molecule has 1 heterocycles. The van der Waals surface area contributed by atoms with E-state index in [0.29, 0.717) is 4.90 Å². The van der Waals surface area contributed by atoms with Crippen LogP contribution in [0.3, 0.4) is 0 Å². The largest absolute Gasteiger partial charge is 0.471 e. The van der Waals surface area contributed by atoms with Crippen LogP contribution in [0.4, 0.5) is 42.5 Å². The lowest BCUT2D eigenvalue weighted by molar-refractivity contribution is -0.384. The van der Waals surface area contributed by atoms with Gasteiger partial charge in [0.15, 0.2) is 0 Å². The third-order valence-corrected chi connectivity index (χ3v) is 5.69. The number of amides is 2. The first kappa shape index (κ1) is 28.3. The molecule has 10 nitrogen and oxygen atoms in total. The summed E-state index contributed by atoms with van der Waals surface area (Å²) >= 11 is 0. The molecule has 0 aromatic heterocycles. The maximum absolute atomic E-state index is 14.3. The molecule has 3 rings (SSSR count). The highest BCUT2D eigenvalue weighted by molar-refractivity contribution is 5.81. The fourth-order valence-electron chi connectivity index (χ4n) is 4.09. The Bertz CT molecular complexity index is 1210. The van der Waals surface area contributed by atoms with Crippen molar-refractivity contribution in [1.82, 2.24) is 9.80 Å². The predicted octanol–water partition coefficient (Wildman–Crippen LogP) is 4.60. The van der Waals surface area contributed by atoms with E-state index in [1.54, 1.807) is 6.07 Å². The number of carbonyl (C=O) groups excluding carboxylic acids is 1. The zero-order valence-electron chi connectivity index (χ0n) is 19.5. The Hall–Kier alpha value is -4.24. The van der Waals surface area contributed by atoms with Crippen molar-refractivity contribution < 1.29 is 50.7 Å². The van der Waals surface area contributed by atoms with Gasteiger partial charge >= 0.3 is 24.4 Å². The van der Waals surface area contributed by atoms with Crippen molar-refractivity contribution in [2.24, 2.45) is 0 Å². The van der Waals surface area contributed by atoms with Crippen LogP contribution >= 0.6 is 0 Å². The number of halogens is 6. The van der Waals surface area contributed by atoms with Gasteiger partial charge in [-0.15, -0.1) is 0 Å². The molecule has 16 heteroatoms. The number of nitro groups is 1. The zero-order valence-corrected chi connectivity index (χ0v) is 19.5. The van der Waals surface area contributed by atoms with Gasteiger partial charge in [0.05, 0.1) is 11.0 Å². The number of ether oxygens (including phenoxy) is 1. The van der Waals surface area contributed by atoms with E-state index in [0.717, 1.165) is 24.1 Å². The normalized spacial score (nSPS) is 16.2. The highest BCUT2D eigenvalue weighted by atomic mass is 19.4. The molecule has 1 aliphatic heterocycles. The predicted molar refractivity (Wildman–Crippen MR) is 119 cm³/mol. The molecule has 2 aromatic rings. The van der Waals surface area contributed by atoms with Gasteiger partial charge in [-0.3, -0.25) is 14.9 Å². The standard InChI is InChI=1S/C22H20F6N4O6/c1-29(19(33)22(26,27)28)11-13-12-30(9-10-31(13)20(34)35)18-15(32(36)37)7-8-16(17(18)21(23,24)25)38-14-5-3-2-4-6-14/h2-8,13H,9-12H2,1H3,(H,34,35)/t13-/m0/s1. The lowest BCUT2D eigenvalue weighted by Gasteiger charge is -2.42. The minimum absolute atomic E-state index is 0.00124. The molecule has 206 valence electrons. The molecule has 0 radical (unpaired) electrons. The van der Waals surface area contributed by atoms with Crippen LogP contribution in [0, 0.1) is 10.1 Å². The Kier molecular flexibility index (Phi) is 7.92. The van der Waals surface area contributed by atoms with E-state index < -0.39 is 84.2 Å². The first-order valence-corrected chi connectivity index (χ1v) is 10.8. The van der Waals surface area contributed by atoms with E-state index in [1.165, 1.54) is 24.3 Å². The molecule has 2 amide bonds. The van der Waals surface area contributed by atoms with Crippen molar-refractivity contribution in [3.63, 3.8) is 0 Å². The van der Waals surface area contributed by atoms with Crippen molar-refractivity contribution in [3.05, 3.63) is 58.1 Å². The summed E-state index contributed by atoms with van der Waals surface area (Å²) in [4.78, 5) is 35.7. The second kappa shape index (κ2) is 10.6. The lowest BCUT2D eigenvalue weighted by Crippen LogP contribution is -2.59. The maximum Gasteiger partial charge on any atom is 0.471 e. The van der Waals surface area contributed by atoms with Crippen LogP contribution in [0.1, 0.15) is 5.56 Å². The molecule has 1 fully saturated rings. The molecule has 0 spiro atoms. The van der Waals surface area contributed by atoms with Crippen molar-refractivity contribution in [1.29, 1.82) is 0 Å². The molecule has 1 aliphatic rings. The molecule has 2 aromatic carbocycles. The Balaban J connectivity index is 2.09. The van der Waals surface area contributed by atoms with Crippen LogP contribution in [-0.4, -0.2) is 77.3 Å². The van der Waals surface area contributed by atoms with Crippen molar-refractivity contribution >= 4 is 23.4 Å². The summed E-state index contributed by atoms with van der Waals surface area (Å²) in [5, 5.41) is 21.2. The van der Waals surface area contributed by atoms with E-state index in [9.17, 15) is 51.2 Å². The molecule has 1 N–H and O–H groups in total. The van der Waals surface area contributed by atoms with Gasteiger partial charge in [-0.1, -0.05) is 18.2 Å². The molecule has 38 heavy (non-hydrogen) atoms. The third kappa shape index (κ3) is 6.18. The smallest absolute Gasteiger partial charge is 0.465 e. The van der Waals surface area contributed by atoms with Gasteiger partial charge in [0.1, 0.15) is 22.7 Å². The number of anilines is 1. The minimum atomic E-state index is -5.28. The van der Waals surface area contributed by atoms with Crippen LogP contribution in [0.15, 0.2) is 42.5 Å². The van der Waals surface area contributed by atoms with Crippen LogP contribution < -0.4 is 9.64 Å². The SMILES string of the molecule is CN(C[C@H]1CN(c2c([N+](=O)[O-])ccc(Oc3ccccc3)c2C(F)(F)F)CCN1C(=O)O)C(=O)C(F)(F)F. The number of carbonyl (C=O) groups is 2. The second-order valence-electron chi connectivity index (χ2n) is 8.24. The molecule has 0 bridgehead atoms. The van der Waals surface area contributed by atoms with Crippen LogP contribution in [-0.2, 0) is 11.0 Å². The number of carboxylic acid groups (broad SMARTS) is 1. The molecule has 0 saturated carbocycles. The Morgan fingerprint density at radius 1 is 1.11 bits per heavy atom. The fourth-order valence-corrected chi connectivity index (χ4v) is 4.09. The second-order valence-corrected chi connectivity index (χ2v) is 8.24. The lowest BCUT2D eigenvalue weighted by atomic mass is 10.0. The number of para-hydroxylation sites is 1. The Labute approximate surface area is 210 Å². The summed E-state index contributed by atoms with van der Waals surface area (Å²) in [6, 6.07) is 7.40. The van der Waals surface area contributed by atoms with E-state index >= 15 is 0 Å². The Morgan fingerprint density at radius 2 is 1.74 bits per heavy atom. The number of alkyl halides is 6. The average Bonchev–Trinajstić information content (AvgIpc) is 2.82. The number of hydrogen-bond donors (Lipinski definition) is 1. The highest BCUT2D eigenvalue weighted by Crippen LogP contribution is 2.48. The topological polar surface area (TPSA) is 116 Å². The van der Waals surface area contributed by atoms with Crippen molar-refractivity contribution in [2.45, 2.75) is 18.4 Å². The third-order valence-electron chi connectivity index (χ3n) is 5.69. The summed E-state index contributed by atoms with van der Waals surface area (Å²) in [5.74, 6) is -3.07. The molecular weight excluding hydrogens is 530 g/mol. The first-order chi connectivity index (χ1) is 17.6. The first-order valence-electron chi connectivity index (χ1n) is 10.8. The van der Waals surface area contributed by atoms with E-state index in [2.05, 4.69) is 0 Å². The zero-order chi connectivity index (χ0) is 28.4. The van der Waals surface area contributed by atoms with Crippen LogP contribution in [0.5, 0.6) is 11.5 Å². The van der Waals surface area contributed by atoms with Gasteiger partial charge in [-0.2, -0.15) is 26.3 Å².